The first-order valence-electron chi connectivity index (χ1n) is 3.12. The van der Waals surface area contributed by atoms with Gasteiger partial charge in [-0.15, -0.1) is 0 Å². The summed E-state index contributed by atoms with van der Waals surface area (Å²) in [5.74, 6) is -0.623. The standard InChI is InChI=1S/C6H7ClN2O3/c1-12-6(11)4-3(2-10)5(7)9-8-4/h10H,2H2,1H3,(H,8,9). The third-order valence-electron chi connectivity index (χ3n) is 1.35. The highest BCUT2D eigenvalue weighted by Crippen LogP contribution is 2.16. The topological polar surface area (TPSA) is 75.2 Å². The predicted octanol–water partition coefficient (Wildman–Crippen LogP) is 0.342. The molecule has 0 saturated carbocycles. The van der Waals surface area contributed by atoms with Gasteiger partial charge >= 0.3 is 5.97 Å². The number of aliphatic hydroxyl groups excluding tert-OH is 1. The molecular formula is C6H7ClN2O3. The van der Waals surface area contributed by atoms with Gasteiger partial charge in [-0.2, -0.15) is 5.10 Å². The van der Waals surface area contributed by atoms with Gasteiger partial charge in [0, 0.05) is 5.56 Å². The highest BCUT2D eigenvalue weighted by atomic mass is 35.5. The van der Waals surface area contributed by atoms with Crippen molar-refractivity contribution in [1.82, 2.24) is 10.2 Å². The Morgan fingerprint density at radius 3 is 3.00 bits per heavy atom. The number of nitrogens with zero attached hydrogens (tertiary/aromatic N) is 1. The van der Waals surface area contributed by atoms with E-state index in [-0.39, 0.29) is 23.0 Å². The summed E-state index contributed by atoms with van der Waals surface area (Å²) in [7, 11) is 1.23. The van der Waals surface area contributed by atoms with Gasteiger partial charge in [-0.05, 0) is 0 Å². The molecule has 0 aliphatic heterocycles. The van der Waals surface area contributed by atoms with Crippen molar-refractivity contribution in [3.63, 3.8) is 0 Å². The van der Waals surface area contributed by atoms with Gasteiger partial charge < -0.3 is 9.84 Å². The Morgan fingerprint density at radius 1 is 1.83 bits per heavy atom. The third-order valence-corrected chi connectivity index (χ3v) is 1.67. The van der Waals surface area contributed by atoms with Gasteiger partial charge in [0.1, 0.15) is 5.15 Å². The lowest BCUT2D eigenvalue weighted by atomic mass is 10.2. The minimum atomic E-state index is -0.623. The number of esters is 1. The molecule has 1 heterocycles. The van der Waals surface area contributed by atoms with Crippen LogP contribution in [-0.2, 0) is 11.3 Å². The minimum Gasteiger partial charge on any atom is -0.464 e. The number of carbonyl (C=O) groups excluding carboxylic acids is 1. The van der Waals surface area contributed by atoms with Crippen LogP contribution in [0.4, 0.5) is 0 Å². The second kappa shape index (κ2) is 3.55. The molecule has 0 atom stereocenters. The van der Waals surface area contributed by atoms with Gasteiger partial charge in [-0.25, -0.2) is 4.79 Å². The molecule has 6 heteroatoms. The van der Waals surface area contributed by atoms with Gasteiger partial charge in [0.2, 0.25) is 0 Å². The SMILES string of the molecule is COC(=O)c1n[nH]c(Cl)c1CO. The normalized spacial score (nSPS) is 9.92. The fourth-order valence-corrected chi connectivity index (χ4v) is 0.945. The fourth-order valence-electron chi connectivity index (χ4n) is 0.754. The summed E-state index contributed by atoms with van der Waals surface area (Å²) < 4.78 is 4.40. The number of aromatic amines is 1. The maximum absolute atomic E-state index is 10.9. The molecule has 0 unspecified atom stereocenters. The summed E-state index contributed by atoms with van der Waals surface area (Å²) in [6.07, 6.45) is 0. The molecule has 0 saturated heterocycles. The Kier molecular flexibility index (Phi) is 2.67. The molecule has 0 aliphatic rings. The molecule has 0 radical (unpaired) electrons. The van der Waals surface area contributed by atoms with E-state index in [0.29, 0.717) is 0 Å². The Labute approximate surface area is 73.3 Å². The number of hydrogen-bond acceptors (Lipinski definition) is 4. The summed E-state index contributed by atoms with van der Waals surface area (Å²) >= 11 is 5.56. The van der Waals surface area contributed by atoms with Crippen LogP contribution in [0.3, 0.4) is 0 Å². The van der Waals surface area contributed by atoms with E-state index in [1.165, 1.54) is 7.11 Å². The lowest BCUT2D eigenvalue weighted by Crippen LogP contribution is -2.05. The highest BCUT2D eigenvalue weighted by molar-refractivity contribution is 6.30. The summed E-state index contributed by atoms with van der Waals surface area (Å²) in [4.78, 5) is 10.9. The number of halogens is 1. The van der Waals surface area contributed by atoms with Gasteiger partial charge in [-0.1, -0.05) is 11.6 Å². The Morgan fingerprint density at radius 2 is 2.50 bits per heavy atom. The number of methoxy groups -OCH3 is 1. The zero-order valence-corrected chi connectivity index (χ0v) is 7.05. The summed E-state index contributed by atoms with van der Waals surface area (Å²) in [5.41, 5.74) is 0.272. The molecular weight excluding hydrogens is 184 g/mol. The molecule has 1 rings (SSSR count). The van der Waals surface area contributed by atoms with Crippen molar-refractivity contribution in [3.05, 3.63) is 16.4 Å². The zero-order valence-electron chi connectivity index (χ0n) is 6.30. The van der Waals surface area contributed by atoms with Crippen LogP contribution in [0, 0.1) is 0 Å². The maximum Gasteiger partial charge on any atom is 0.358 e. The van der Waals surface area contributed by atoms with E-state index in [2.05, 4.69) is 14.9 Å². The van der Waals surface area contributed by atoms with Crippen molar-refractivity contribution in [2.75, 3.05) is 7.11 Å². The van der Waals surface area contributed by atoms with Gasteiger partial charge in [0.25, 0.3) is 0 Å². The van der Waals surface area contributed by atoms with E-state index in [0.717, 1.165) is 0 Å². The lowest BCUT2D eigenvalue weighted by Gasteiger charge is -1.95. The average molecular weight is 191 g/mol. The van der Waals surface area contributed by atoms with Crippen molar-refractivity contribution >= 4 is 17.6 Å². The number of nitrogens with one attached hydrogen (secondary N) is 1. The number of aromatic nitrogens is 2. The first-order valence-corrected chi connectivity index (χ1v) is 3.50. The number of hydrogen-bond donors (Lipinski definition) is 2. The molecule has 0 aliphatic carbocycles. The number of rotatable bonds is 2. The predicted molar refractivity (Wildman–Crippen MR) is 40.9 cm³/mol. The van der Waals surface area contributed by atoms with Crippen molar-refractivity contribution in [2.24, 2.45) is 0 Å². The van der Waals surface area contributed by atoms with Crippen molar-refractivity contribution < 1.29 is 14.6 Å². The molecule has 1 aromatic rings. The van der Waals surface area contributed by atoms with E-state index in [1.54, 1.807) is 0 Å². The first kappa shape index (κ1) is 9.02. The molecule has 2 N–H and O–H groups in total. The molecule has 66 valence electrons. The lowest BCUT2D eigenvalue weighted by molar-refractivity contribution is 0.0590. The largest absolute Gasteiger partial charge is 0.464 e. The number of H-pyrrole nitrogens is 1. The Hall–Kier alpha value is -1.07. The van der Waals surface area contributed by atoms with Crippen molar-refractivity contribution in [1.29, 1.82) is 0 Å². The molecule has 0 aromatic carbocycles. The van der Waals surface area contributed by atoms with Crippen LogP contribution in [0.1, 0.15) is 16.1 Å². The molecule has 0 spiro atoms. The maximum atomic E-state index is 10.9. The quantitative estimate of drug-likeness (QED) is 0.660. The molecule has 5 nitrogen and oxygen atoms in total. The van der Waals surface area contributed by atoms with Gasteiger partial charge in [0.05, 0.1) is 13.7 Å². The van der Waals surface area contributed by atoms with Crippen molar-refractivity contribution in [3.8, 4) is 0 Å². The van der Waals surface area contributed by atoms with E-state index in [1.807, 2.05) is 0 Å². The van der Waals surface area contributed by atoms with Crippen LogP contribution >= 0.6 is 11.6 Å². The van der Waals surface area contributed by atoms with Crippen LogP contribution in [-0.4, -0.2) is 28.4 Å². The van der Waals surface area contributed by atoms with E-state index >= 15 is 0 Å². The zero-order chi connectivity index (χ0) is 9.14. The Bertz CT molecular complexity index is 297. The number of carbonyl (C=O) groups is 1. The second-order valence-corrected chi connectivity index (χ2v) is 2.39. The first-order chi connectivity index (χ1) is 5.70. The number of ether oxygens (including phenoxy) is 1. The molecule has 0 bridgehead atoms. The molecule has 1 aromatic heterocycles. The third kappa shape index (κ3) is 1.41. The second-order valence-electron chi connectivity index (χ2n) is 2.01. The highest BCUT2D eigenvalue weighted by Gasteiger charge is 2.17. The van der Waals surface area contributed by atoms with Crippen LogP contribution in [0.25, 0.3) is 0 Å². The van der Waals surface area contributed by atoms with Crippen LogP contribution in [0.5, 0.6) is 0 Å². The van der Waals surface area contributed by atoms with Gasteiger partial charge in [-0.3, -0.25) is 5.10 Å². The summed E-state index contributed by atoms with van der Waals surface area (Å²) in [6.45, 7) is -0.347. The minimum absolute atomic E-state index is 0.0185. The smallest absolute Gasteiger partial charge is 0.358 e. The molecule has 12 heavy (non-hydrogen) atoms. The van der Waals surface area contributed by atoms with E-state index in [9.17, 15) is 4.79 Å². The average Bonchev–Trinajstić information content (AvgIpc) is 2.45. The molecule has 0 fully saturated rings. The van der Waals surface area contributed by atoms with E-state index in [4.69, 9.17) is 16.7 Å². The Balaban J connectivity index is 3.07. The summed E-state index contributed by atoms with van der Waals surface area (Å²) in [5, 5.41) is 14.9. The van der Waals surface area contributed by atoms with Crippen LogP contribution in [0.2, 0.25) is 5.15 Å². The number of aliphatic hydroxyl groups is 1. The monoisotopic (exact) mass is 190 g/mol. The molecule has 0 amide bonds. The van der Waals surface area contributed by atoms with Crippen molar-refractivity contribution in [2.45, 2.75) is 6.61 Å². The van der Waals surface area contributed by atoms with Crippen LogP contribution in [0.15, 0.2) is 0 Å². The van der Waals surface area contributed by atoms with E-state index < -0.39 is 5.97 Å². The van der Waals surface area contributed by atoms with Crippen LogP contribution < -0.4 is 0 Å². The van der Waals surface area contributed by atoms with Gasteiger partial charge in [0.15, 0.2) is 5.69 Å². The fraction of sp³-hybridized carbons (Fsp3) is 0.333. The summed E-state index contributed by atoms with van der Waals surface area (Å²) in [6, 6.07) is 0.